The van der Waals surface area contributed by atoms with Gasteiger partial charge in [0.1, 0.15) is 0 Å². The Bertz CT molecular complexity index is 6.85. The monoisotopic (exact) mass is 150 g/mol. The number of hydrogen-bond acceptors (Lipinski definition) is 1. The Morgan fingerprint density at radius 1 is 1.00 bits per heavy atom. The predicted molar refractivity (Wildman–Crippen MR) is 21.5 cm³/mol. The number of rotatable bonds is 0. The van der Waals surface area contributed by atoms with Gasteiger partial charge in [0.2, 0.25) is 0 Å². The van der Waals surface area contributed by atoms with Crippen LogP contribution in [0, 0.1) is 0 Å². The van der Waals surface area contributed by atoms with E-state index in [-0.39, 0.29) is 32.7 Å². The molecule has 0 aliphatic carbocycles. The molecule has 31 valence electrons. The van der Waals surface area contributed by atoms with E-state index in [4.69, 9.17) is 0 Å². The molecule has 0 aromatic rings. The Morgan fingerprint density at radius 2 is 1.00 bits per heavy atom. The third-order valence-corrected chi connectivity index (χ3v) is 0. The van der Waals surface area contributed by atoms with Crippen LogP contribution in [0.3, 0.4) is 0 Å². The molecule has 2 N–H and O–H groups in total. The first-order valence-corrected chi connectivity index (χ1v) is 1.58. The van der Waals surface area contributed by atoms with Crippen molar-refractivity contribution in [3.05, 3.63) is 0 Å². The molecule has 0 amide bonds. The van der Waals surface area contributed by atoms with Crippen molar-refractivity contribution in [2.75, 3.05) is 7.05 Å². The van der Waals surface area contributed by atoms with E-state index in [2.05, 4.69) is 5.73 Å². The Balaban J connectivity index is -0.0000000133. The zero-order valence-electron chi connectivity index (χ0n) is 4.15. The van der Waals surface area contributed by atoms with Crippen LogP contribution >= 0.6 is 0 Å². The van der Waals surface area contributed by atoms with E-state index < -0.39 is 0 Å². The van der Waals surface area contributed by atoms with E-state index in [9.17, 15) is 0 Å². The van der Waals surface area contributed by atoms with Crippen molar-refractivity contribution >= 4 is 0 Å². The summed E-state index contributed by atoms with van der Waals surface area (Å²) in [5.74, 6) is 0. The summed E-state index contributed by atoms with van der Waals surface area (Å²) in [5.41, 5.74) is 4.50. The molecule has 1 radical (unpaired) electrons. The Labute approximate surface area is 59.2 Å². The molecule has 5 heavy (non-hydrogen) atoms. The van der Waals surface area contributed by atoms with E-state index in [0.717, 1.165) is 0 Å². The third-order valence-electron chi connectivity index (χ3n) is 0. The molecule has 1 nitrogen and oxygen atoms in total. The molecule has 0 aliphatic rings. The molecule has 0 saturated carbocycles. The molecule has 0 unspecified atom stereocenters. The summed E-state index contributed by atoms with van der Waals surface area (Å²) in [6, 6.07) is 0. The maximum absolute atomic E-state index is 4.50. The van der Waals surface area contributed by atoms with Gasteiger partial charge in [-0.25, -0.2) is 0 Å². The first-order valence-electron chi connectivity index (χ1n) is 1.58. The normalized spacial score (nSPS) is 2.40. The molecular weight excluding hydrogens is 139 g/mol. The molecule has 2 heteroatoms. The molecule has 0 bridgehead atoms. The first kappa shape index (κ1) is 16.6. The van der Waals surface area contributed by atoms with Gasteiger partial charge in [-0.1, -0.05) is 13.8 Å². The van der Waals surface area contributed by atoms with Crippen LogP contribution < -0.4 is 5.73 Å². The molecule has 0 aromatic carbocycles. The molecule has 0 fully saturated rings. The van der Waals surface area contributed by atoms with Crippen molar-refractivity contribution in [1.29, 1.82) is 0 Å². The van der Waals surface area contributed by atoms with Gasteiger partial charge in [-0.15, -0.1) is 0 Å². The van der Waals surface area contributed by atoms with Crippen molar-refractivity contribution in [2.24, 2.45) is 5.73 Å². The largest absolute Gasteiger partial charge is 0.333 e. The van der Waals surface area contributed by atoms with Crippen LogP contribution in [-0.4, -0.2) is 7.05 Å². The second-order valence-electron chi connectivity index (χ2n) is 0. The van der Waals surface area contributed by atoms with Crippen LogP contribution in [0.4, 0.5) is 0 Å². The zero-order chi connectivity index (χ0) is 4.00. The first-order chi connectivity index (χ1) is 2.00. The van der Waals surface area contributed by atoms with Crippen molar-refractivity contribution in [2.45, 2.75) is 13.8 Å². The summed E-state index contributed by atoms with van der Waals surface area (Å²) in [6.07, 6.45) is 0. The average molecular weight is 150 g/mol. The van der Waals surface area contributed by atoms with Crippen molar-refractivity contribution in [1.82, 2.24) is 0 Å². The van der Waals surface area contributed by atoms with Crippen LogP contribution in [0.25, 0.3) is 0 Å². The molecule has 0 aliphatic heterocycles. The van der Waals surface area contributed by atoms with Crippen LogP contribution in [0.5, 0.6) is 0 Å². The minimum Gasteiger partial charge on any atom is -0.333 e. The summed E-state index contributed by atoms with van der Waals surface area (Å²) in [5, 5.41) is 0. The maximum Gasteiger partial charge on any atom is 0 e. The van der Waals surface area contributed by atoms with Gasteiger partial charge in [-0.2, -0.15) is 0 Å². The summed E-state index contributed by atoms with van der Waals surface area (Å²) >= 11 is 0. The fourth-order valence-corrected chi connectivity index (χ4v) is 0. The van der Waals surface area contributed by atoms with E-state index in [0.29, 0.717) is 0 Å². The standard InChI is InChI=1S/C2H6.CH5N.Y/c2*1-2;/h1-2H3;2H2,1H3;. The summed E-state index contributed by atoms with van der Waals surface area (Å²) < 4.78 is 0. The van der Waals surface area contributed by atoms with E-state index in [1.807, 2.05) is 13.8 Å². The quantitative estimate of drug-likeness (QED) is 0.537. The topological polar surface area (TPSA) is 26.0 Å². The van der Waals surface area contributed by atoms with Gasteiger partial charge in [0.15, 0.2) is 0 Å². The molecular formula is C3H11NY. The maximum atomic E-state index is 4.50. The van der Waals surface area contributed by atoms with Gasteiger partial charge in [0.05, 0.1) is 0 Å². The van der Waals surface area contributed by atoms with Crippen molar-refractivity contribution < 1.29 is 32.7 Å². The second-order valence-corrected chi connectivity index (χ2v) is 0. The molecule has 0 rings (SSSR count). The van der Waals surface area contributed by atoms with Gasteiger partial charge in [-0.3, -0.25) is 0 Å². The van der Waals surface area contributed by atoms with Crippen molar-refractivity contribution in [3.63, 3.8) is 0 Å². The minimum absolute atomic E-state index is 0. The molecule has 0 saturated heterocycles. The molecule has 0 heterocycles. The minimum atomic E-state index is 0. The smallest absolute Gasteiger partial charge is 0 e. The number of nitrogens with two attached hydrogens (primary N) is 1. The Hall–Kier alpha value is 1.06. The van der Waals surface area contributed by atoms with Gasteiger partial charge >= 0.3 is 0 Å². The van der Waals surface area contributed by atoms with Crippen LogP contribution in [-0.2, 0) is 32.7 Å². The molecule has 0 aromatic heterocycles. The second kappa shape index (κ2) is 73.9. The predicted octanol–water partition coefficient (Wildman–Crippen LogP) is 0.599. The summed E-state index contributed by atoms with van der Waals surface area (Å²) in [6.45, 7) is 4.00. The summed E-state index contributed by atoms with van der Waals surface area (Å²) in [4.78, 5) is 0. The van der Waals surface area contributed by atoms with E-state index in [1.165, 1.54) is 7.05 Å². The molecule has 0 spiro atoms. The Morgan fingerprint density at radius 3 is 1.00 bits per heavy atom. The fourth-order valence-electron chi connectivity index (χ4n) is 0. The van der Waals surface area contributed by atoms with Gasteiger partial charge in [0.25, 0.3) is 0 Å². The fraction of sp³-hybridized carbons (Fsp3) is 1.00. The molecule has 0 atom stereocenters. The third kappa shape index (κ3) is 42.0. The summed E-state index contributed by atoms with van der Waals surface area (Å²) in [7, 11) is 1.50. The van der Waals surface area contributed by atoms with Gasteiger partial charge < -0.3 is 5.73 Å². The van der Waals surface area contributed by atoms with Gasteiger partial charge in [0, 0.05) is 32.7 Å². The van der Waals surface area contributed by atoms with E-state index in [1.54, 1.807) is 0 Å². The van der Waals surface area contributed by atoms with Crippen LogP contribution in [0.15, 0.2) is 0 Å². The van der Waals surface area contributed by atoms with Gasteiger partial charge in [-0.05, 0) is 7.05 Å². The zero-order valence-corrected chi connectivity index (χ0v) is 6.99. The van der Waals surface area contributed by atoms with Crippen molar-refractivity contribution in [3.8, 4) is 0 Å². The SMILES string of the molecule is CC.CN.[Y]. The van der Waals surface area contributed by atoms with E-state index >= 15 is 0 Å². The van der Waals surface area contributed by atoms with Crippen LogP contribution in [0.1, 0.15) is 13.8 Å². The number of hydrogen-bond donors (Lipinski definition) is 1. The van der Waals surface area contributed by atoms with Crippen LogP contribution in [0.2, 0.25) is 0 Å². The Kier molecular flexibility index (Phi) is 245. The average Bonchev–Trinajstić information content (AvgIpc) is 1.50.